The number of aromatic nitrogens is 1. The number of amides is 1. The van der Waals surface area contributed by atoms with Gasteiger partial charge in [-0.2, -0.15) is 4.39 Å². The molecule has 10 heteroatoms. The Kier molecular flexibility index (Phi) is 4.31. The van der Waals surface area contributed by atoms with Crippen molar-refractivity contribution in [1.29, 1.82) is 0 Å². The molecule has 2 rings (SSSR count). The van der Waals surface area contributed by atoms with Crippen LogP contribution >= 0.6 is 0 Å². The van der Waals surface area contributed by atoms with Crippen LogP contribution in [0.25, 0.3) is 0 Å². The number of carbonyl (C=O) groups is 3. The number of rotatable bonds is 4. The second-order valence-corrected chi connectivity index (χ2v) is 4.50. The van der Waals surface area contributed by atoms with Gasteiger partial charge in [-0.1, -0.05) is 0 Å². The van der Waals surface area contributed by atoms with Crippen LogP contribution in [0.1, 0.15) is 31.1 Å². The highest BCUT2D eigenvalue weighted by Gasteiger charge is 2.21. The molecule has 0 atom stereocenters. The van der Waals surface area contributed by atoms with Crippen molar-refractivity contribution < 1.29 is 39.2 Å². The van der Waals surface area contributed by atoms with Crippen LogP contribution in [0.3, 0.4) is 0 Å². The van der Waals surface area contributed by atoms with Gasteiger partial charge in [-0.3, -0.25) is 4.79 Å². The second kappa shape index (κ2) is 6.20. The number of carboxylic acids is 2. The average Bonchev–Trinajstić information content (AvgIpc) is 2.50. The van der Waals surface area contributed by atoms with Gasteiger partial charge < -0.3 is 25.7 Å². The first-order chi connectivity index (χ1) is 11.2. The molecule has 0 fully saturated rings. The van der Waals surface area contributed by atoms with Crippen LogP contribution in [-0.2, 0) is 0 Å². The third kappa shape index (κ3) is 3.21. The van der Waals surface area contributed by atoms with Crippen LogP contribution in [0.5, 0.6) is 11.5 Å². The molecule has 1 aromatic heterocycles. The van der Waals surface area contributed by atoms with Crippen molar-refractivity contribution in [3.63, 3.8) is 0 Å². The first-order valence-corrected chi connectivity index (χ1v) is 6.20. The molecule has 2 aromatic rings. The minimum atomic E-state index is -1.53. The number of aromatic carboxylic acids is 2. The summed E-state index contributed by atoms with van der Waals surface area (Å²) in [5.74, 6) is -6.71. The van der Waals surface area contributed by atoms with Gasteiger partial charge in [-0.05, 0) is 12.1 Å². The summed E-state index contributed by atoms with van der Waals surface area (Å²) in [7, 11) is 0. The zero-order valence-corrected chi connectivity index (χ0v) is 11.6. The quantitative estimate of drug-likeness (QED) is 0.413. The maximum Gasteiger partial charge on any atom is 0.339 e. The van der Waals surface area contributed by atoms with Crippen molar-refractivity contribution in [3.8, 4) is 11.5 Å². The van der Waals surface area contributed by atoms with Crippen molar-refractivity contribution in [1.82, 2.24) is 4.98 Å². The van der Waals surface area contributed by atoms with E-state index in [1.54, 1.807) is 0 Å². The highest BCUT2D eigenvalue weighted by atomic mass is 19.1. The summed E-state index contributed by atoms with van der Waals surface area (Å²) >= 11 is 0. The van der Waals surface area contributed by atoms with Crippen LogP contribution in [0, 0.1) is 5.95 Å². The molecule has 9 nitrogen and oxygen atoms in total. The SMILES string of the molecule is O=C(O)c1cc(O)c(C(=O)Nc2cnc(F)cc2C(=O)O)cc1O. The topological polar surface area (TPSA) is 157 Å². The van der Waals surface area contributed by atoms with E-state index in [4.69, 9.17) is 10.2 Å². The summed E-state index contributed by atoms with van der Waals surface area (Å²) in [5.41, 5.74) is -2.08. The van der Waals surface area contributed by atoms with Crippen LogP contribution in [0.4, 0.5) is 10.1 Å². The van der Waals surface area contributed by atoms with Gasteiger partial charge in [0.1, 0.15) is 17.1 Å². The first-order valence-electron chi connectivity index (χ1n) is 6.20. The number of halogens is 1. The number of anilines is 1. The van der Waals surface area contributed by atoms with E-state index < -0.39 is 52.0 Å². The predicted molar refractivity (Wildman–Crippen MR) is 75.8 cm³/mol. The minimum absolute atomic E-state index is 0.352. The van der Waals surface area contributed by atoms with E-state index in [0.29, 0.717) is 18.2 Å². The van der Waals surface area contributed by atoms with Crippen molar-refractivity contribution in [2.45, 2.75) is 0 Å². The van der Waals surface area contributed by atoms with Crippen LogP contribution in [0.15, 0.2) is 24.4 Å². The largest absolute Gasteiger partial charge is 0.507 e. The number of nitrogens with zero attached hydrogens (tertiary/aromatic N) is 1. The first kappa shape index (κ1) is 16.7. The molecule has 24 heavy (non-hydrogen) atoms. The highest BCUT2D eigenvalue weighted by Crippen LogP contribution is 2.28. The Morgan fingerprint density at radius 3 is 2.04 bits per heavy atom. The van der Waals surface area contributed by atoms with Gasteiger partial charge in [0.15, 0.2) is 0 Å². The second-order valence-electron chi connectivity index (χ2n) is 4.50. The van der Waals surface area contributed by atoms with E-state index in [2.05, 4.69) is 10.3 Å². The average molecular weight is 336 g/mol. The van der Waals surface area contributed by atoms with Gasteiger partial charge in [0.25, 0.3) is 5.91 Å². The minimum Gasteiger partial charge on any atom is -0.507 e. The van der Waals surface area contributed by atoms with E-state index in [0.717, 1.165) is 6.20 Å². The van der Waals surface area contributed by atoms with Crippen molar-refractivity contribution in [3.05, 3.63) is 47.0 Å². The Bertz CT molecular complexity index is 866. The van der Waals surface area contributed by atoms with Crippen molar-refractivity contribution >= 4 is 23.5 Å². The Hall–Kier alpha value is -3.69. The van der Waals surface area contributed by atoms with Gasteiger partial charge in [-0.15, -0.1) is 0 Å². The monoisotopic (exact) mass is 336 g/mol. The summed E-state index contributed by atoms with van der Waals surface area (Å²) in [5, 5.41) is 39.1. The molecule has 0 unspecified atom stereocenters. The summed E-state index contributed by atoms with van der Waals surface area (Å²) < 4.78 is 13.0. The molecule has 0 saturated heterocycles. The number of phenolic OH excluding ortho intramolecular Hbond substituents is 1. The maximum atomic E-state index is 13.0. The number of phenols is 2. The molecule has 1 amide bonds. The third-order valence-corrected chi connectivity index (χ3v) is 2.94. The molecule has 0 aliphatic rings. The summed E-state index contributed by atoms with van der Waals surface area (Å²) in [6.45, 7) is 0. The maximum absolute atomic E-state index is 13.0. The fourth-order valence-corrected chi connectivity index (χ4v) is 1.83. The number of carboxylic acid groups (broad SMARTS) is 2. The number of pyridine rings is 1. The summed E-state index contributed by atoms with van der Waals surface area (Å²) in [6.07, 6.45) is 0.763. The molecule has 1 heterocycles. The molecule has 0 saturated carbocycles. The lowest BCUT2D eigenvalue weighted by Gasteiger charge is -2.10. The lowest BCUT2D eigenvalue weighted by atomic mass is 10.1. The zero-order valence-electron chi connectivity index (χ0n) is 11.6. The van der Waals surface area contributed by atoms with Crippen molar-refractivity contribution in [2.75, 3.05) is 5.32 Å². The molecule has 0 radical (unpaired) electrons. The zero-order chi connectivity index (χ0) is 18.0. The fourth-order valence-electron chi connectivity index (χ4n) is 1.83. The van der Waals surface area contributed by atoms with Gasteiger partial charge in [-0.25, -0.2) is 14.6 Å². The Labute approximate surface area is 132 Å². The number of benzene rings is 1. The molecule has 0 aliphatic carbocycles. The summed E-state index contributed by atoms with van der Waals surface area (Å²) in [6, 6.07) is 1.95. The van der Waals surface area contributed by atoms with Gasteiger partial charge in [0, 0.05) is 6.07 Å². The lowest BCUT2D eigenvalue weighted by molar-refractivity contribution is 0.0683. The Balaban J connectivity index is 2.40. The number of carbonyl (C=O) groups excluding carboxylic acids is 1. The normalized spacial score (nSPS) is 10.2. The van der Waals surface area contributed by atoms with Crippen LogP contribution < -0.4 is 5.32 Å². The number of nitrogens with one attached hydrogen (secondary N) is 1. The Morgan fingerprint density at radius 1 is 0.917 bits per heavy atom. The molecular formula is C14H9FN2O7. The number of aromatic hydroxyl groups is 2. The van der Waals surface area contributed by atoms with Gasteiger partial charge in [0.2, 0.25) is 5.95 Å². The molecule has 5 N–H and O–H groups in total. The van der Waals surface area contributed by atoms with E-state index in [-0.39, 0.29) is 5.69 Å². The molecule has 124 valence electrons. The van der Waals surface area contributed by atoms with E-state index >= 15 is 0 Å². The molecule has 0 spiro atoms. The van der Waals surface area contributed by atoms with Gasteiger partial charge >= 0.3 is 11.9 Å². The third-order valence-electron chi connectivity index (χ3n) is 2.94. The van der Waals surface area contributed by atoms with E-state index in [9.17, 15) is 29.0 Å². The fraction of sp³-hybridized carbons (Fsp3) is 0. The highest BCUT2D eigenvalue weighted by molar-refractivity contribution is 6.09. The number of hydrogen-bond donors (Lipinski definition) is 5. The van der Waals surface area contributed by atoms with E-state index in [1.807, 2.05) is 0 Å². The Morgan fingerprint density at radius 2 is 1.46 bits per heavy atom. The van der Waals surface area contributed by atoms with E-state index in [1.165, 1.54) is 0 Å². The van der Waals surface area contributed by atoms with Crippen LogP contribution in [-0.4, -0.2) is 43.3 Å². The molecule has 0 bridgehead atoms. The van der Waals surface area contributed by atoms with Crippen LogP contribution in [0.2, 0.25) is 0 Å². The predicted octanol–water partition coefficient (Wildman–Crippen LogP) is 1.28. The smallest absolute Gasteiger partial charge is 0.339 e. The molecular weight excluding hydrogens is 327 g/mol. The number of hydrogen-bond acceptors (Lipinski definition) is 6. The van der Waals surface area contributed by atoms with Crippen molar-refractivity contribution in [2.24, 2.45) is 0 Å². The lowest BCUT2D eigenvalue weighted by Crippen LogP contribution is -2.16. The van der Waals surface area contributed by atoms with Gasteiger partial charge in [0.05, 0.1) is 23.0 Å². The molecule has 1 aromatic carbocycles. The molecule has 0 aliphatic heterocycles. The summed E-state index contributed by atoms with van der Waals surface area (Å²) in [4.78, 5) is 37.1. The standard InChI is InChI=1S/C14H9FN2O7/c15-11-3-5(13(21)22)8(4-16-11)17-12(20)6-1-10(19)7(14(23)24)2-9(6)18/h1-4,18-19H,(H,17,20)(H,21,22)(H,23,24).